The van der Waals surface area contributed by atoms with Crippen molar-refractivity contribution in [3.05, 3.63) is 76.8 Å². The summed E-state index contributed by atoms with van der Waals surface area (Å²) < 4.78 is 31.6. The Morgan fingerprint density at radius 3 is 2.78 bits per heavy atom. The van der Waals surface area contributed by atoms with Gasteiger partial charge in [-0.05, 0) is 29.8 Å². The van der Waals surface area contributed by atoms with Crippen molar-refractivity contribution in [1.29, 1.82) is 5.26 Å². The highest BCUT2D eigenvalue weighted by Crippen LogP contribution is 2.19. The molecule has 0 aliphatic rings. The molecule has 0 bridgehead atoms. The molecule has 9 heteroatoms. The van der Waals surface area contributed by atoms with E-state index in [0.29, 0.717) is 16.9 Å². The number of hydrogen-bond acceptors (Lipinski definition) is 7. The first kappa shape index (κ1) is 18.6. The van der Waals surface area contributed by atoms with Crippen LogP contribution in [0.25, 0.3) is 0 Å². The highest BCUT2D eigenvalue weighted by Gasteiger charge is 2.21. The van der Waals surface area contributed by atoms with Gasteiger partial charge in [-0.25, -0.2) is 9.71 Å². The maximum absolute atomic E-state index is 12.3. The van der Waals surface area contributed by atoms with E-state index in [1.54, 1.807) is 36.4 Å². The van der Waals surface area contributed by atoms with Crippen LogP contribution in [0.2, 0.25) is 0 Å². The summed E-state index contributed by atoms with van der Waals surface area (Å²) in [4.78, 5) is 16.0. The molecule has 27 heavy (non-hydrogen) atoms. The van der Waals surface area contributed by atoms with Gasteiger partial charge in [-0.15, -0.1) is 11.3 Å². The molecule has 1 heterocycles. The van der Waals surface area contributed by atoms with Crippen LogP contribution >= 0.6 is 11.3 Å². The van der Waals surface area contributed by atoms with Crippen molar-refractivity contribution in [2.24, 2.45) is 0 Å². The SMILES string of the molecule is N#Cc1ccccc1OCc1cccc(C(=O)NS(=O)(=O)c2nccs2)c1. The van der Waals surface area contributed by atoms with Gasteiger partial charge in [0, 0.05) is 17.1 Å². The van der Waals surface area contributed by atoms with Crippen LogP contribution in [0.15, 0.2) is 64.4 Å². The third-order valence-electron chi connectivity index (χ3n) is 3.46. The maximum Gasteiger partial charge on any atom is 0.291 e. The molecule has 7 nitrogen and oxygen atoms in total. The average Bonchev–Trinajstić information content (AvgIpc) is 3.22. The van der Waals surface area contributed by atoms with Crippen LogP contribution in [0.4, 0.5) is 0 Å². The van der Waals surface area contributed by atoms with Gasteiger partial charge < -0.3 is 4.74 Å². The zero-order valence-electron chi connectivity index (χ0n) is 13.8. The Labute approximate surface area is 159 Å². The molecule has 0 radical (unpaired) electrons. The van der Waals surface area contributed by atoms with Crippen LogP contribution in [0, 0.1) is 11.3 Å². The van der Waals surface area contributed by atoms with Crippen LogP contribution in [0.3, 0.4) is 0 Å². The van der Waals surface area contributed by atoms with Gasteiger partial charge >= 0.3 is 0 Å². The lowest BCUT2D eigenvalue weighted by Gasteiger charge is -2.09. The van der Waals surface area contributed by atoms with Crippen LogP contribution in [-0.2, 0) is 16.6 Å². The molecule has 1 aromatic heterocycles. The van der Waals surface area contributed by atoms with Gasteiger partial charge in [0.15, 0.2) is 0 Å². The summed E-state index contributed by atoms with van der Waals surface area (Å²) in [7, 11) is -4.00. The summed E-state index contributed by atoms with van der Waals surface area (Å²) in [5.74, 6) is -0.328. The van der Waals surface area contributed by atoms with E-state index in [4.69, 9.17) is 10.00 Å². The number of thiazole rings is 1. The standard InChI is InChI=1S/C18H13N3O4S2/c19-11-15-5-1-2-7-16(15)25-12-13-4-3-6-14(10-13)17(22)21-27(23,24)18-20-8-9-26-18/h1-10H,12H2,(H,21,22). The van der Waals surface area contributed by atoms with Gasteiger partial charge in [0.1, 0.15) is 18.4 Å². The number of carbonyl (C=O) groups is 1. The number of rotatable bonds is 6. The molecule has 0 saturated carbocycles. The number of para-hydroxylation sites is 1. The van der Waals surface area contributed by atoms with Gasteiger partial charge in [-0.3, -0.25) is 4.79 Å². The van der Waals surface area contributed by atoms with E-state index in [-0.39, 0.29) is 16.5 Å². The topological polar surface area (TPSA) is 109 Å². The van der Waals surface area contributed by atoms with E-state index in [2.05, 4.69) is 4.98 Å². The molecule has 0 aliphatic heterocycles. The molecule has 0 saturated heterocycles. The predicted octanol–water partition coefficient (Wildman–Crippen LogP) is 2.71. The molecule has 1 N–H and O–H groups in total. The minimum Gasteiger partial charge on any atom is -0.488 e. The summed E-state index contributed by atoms with van der Waals surface area (Å²) in [5.41, 5.74) is 1.23. The number of amides is 1. The van der Waals surface area contributed by atoms with Crippen molar-refractivity contribution in [3.8, 4) is 11.8 Å². The van der Waals surface area contributed by atoms with Crippen LogP contribution in [-0.4, -0.2) is 19.3 Å². The quantitative estimate of drug-likeness (QED) is 0.683. The lowest BCUT2D eigenvalue weighted by atomic mass is 10.1. The molecule has 0 unspecified atom stereocenters. The van der Waals surface area contributed by atoms with Gasteiger partial charge in [-0.2, -0.15) is 13.7 Å². The molecule has 1 amide bonds. The molecule has 3 rings (SSSR count). The van der Waals surface area contributed by atoms with Crippen molar-refractivity contribution < 1.29 is 17.9 Å². The van der Waals surface area contributed by atoms with Crippen LogP contribution in [0.1, 0.15) is 21.5 Å². The lowest BCUT2D eigenvalue weighted by Crippen LogP contribution is -2.30. The molecular weight excluding hydrogens is 386 g/mol. The molecule has 136 valence electrons. The Bertz CT molecular complexity index is 1100. The molecule has 0 atom stereocenters. The molecule has 2 aromatic carbocycles. The Balaban J connectivity index is 1.72. The Morgan fingerprint density at radius 2 is 2.04 bits per heavy atom. The Morgan fingerprint density at radius 1 is 1.22 bits per heavy atom. The third kappa shape index (κ3) is 4.49. The summed E-state index contributed by atoms with van der Waals surface area (Å²) in [5, 5.41) is 10.6. The molecule has 0 spiro atoms. The van der Waals surface area contributed by atoms with Crippen LogP contribution < -0.4 is 9.46 Å². The number of benzene rings is 2. The number of nitriles is 1. The summed E-state index contributed by atoms with van der Waals surface area (Å²) >= 11 is 0.919. The number of hydrogen-bond donors (Lipinski definition) is 1. The lowest BCUT2D eigenvalue weighted by molar-refractivity contribution is 0.0981. The fraction of sp³-hybridized carbons (Fsp3) is 0.0556. The minimum absolute atomic E-state index is 0.124. The van der Waals surface area contributed by atoms with E-state index < -0.39 is 15.9 Å². The monoisotopic (exact) mass is 399 g/mol. The molecule has 0 fully saturated rings. The summed E-state index contributed by atoms with van der Waals surface area (Å²) in [6.07, 6.45) is 1.35. The summed E-state index contributed by atoms with van der Waals surface area (Å²) in [6.45, 7) is 0.124. The third-order valence-corrected chi connectivity index (χ3v) is 5.99. The first-order valence-electron chi connectivity index (χ1n) is 7.67. The minimum atomic E-state index is -4.00. The molecular formula is C18H13N3O4S2. The zero-order chi connectivity index (χ0) is 19.3. The molecule has 0 aliphatic carbocycles. The summed E-state index contributed by atoms with van der Waals surface area (Å²) in [6, 6.07) is 15.2. The van der Waals surface area contributed by atoms with E-state index in [1.165, 1.54) is 23.7 Å². The second kappa shape index (κ2) is 7.99. The van der Waals surface area contributed by atoms with E-state index in [0.717, 1.165) is 11.3 Å². The normalized spacial score (nSPS) is 10.8. The number of nitrogens with zero attached hydrogens (tertiary/aromatic N) is 2. The first-order chi connectivity index (χ1) is 13.0. The van der Waals surface area contributed by atoms with Gasteiger partial charge in [-0.1, -0.05) is 24.3 Å². The fourth-order valence-electron chi connectivity index (χ4n) is 2.22. The first-order valence-corrected chi connectivity index (χ1v) is 10.0. The smallest absolute Gasteiger partial charge is 0.291 e. The number of nitrogens with one attached hydrogen (secondary N) is 1. The predicted molar refractivity (Wildman–Crippen MR) is 98.7 cm³/mol. The second-order valence-corrected chi connectivity index (χ2v) is 8.08. The largest absolute Gasteiger partial charge is 0.488 e. The van der Waals surface area contributed by atoms with Crippen molar-refractivity contribution in [2.75, 3.05) is 0 Å². The fourth-order valence-corrected chi connectivity index (χ4v) is 4.02. The number of carbonyl (C=O) groups excluding carboxylic acids is 1. The number of sulfonamides is 1. The second-order valence-electron chi connectivity index (χ2n) is 5.33. The maximum atomic E-state index is 12.3. The van der Waals surface area contributed by atoms with Crippen LogP contribution in [0.5, 0.6) is 5.75 Å². The van der Waals surface area contributed by atoms with Crippen molar-refractivity contribution in [2.45, 2.75) is 10.9 Å². The zero-order valence-corrected chi connectivity index (χ0v) is 15.5. The Hall–Kier alpha value is -3.22. The van der Waals surface area contributed by atoms with Gasteiger partial charge in [0.25, 0.3) is 15.9 Å². The van der Waals surface area contributed by atoms with Gasteiger partial charge in [0.05, 0.1) is 5.56 Å². The highest BCUT2D eigenvalue weighted by molar-refractivity contribution is 7.92. The Kier molecular flexibility index (Phi) is 5.49. The number of ether oxygens (including phenoxy) is 1. The van der Waals surface area contributed by atoms with Crippen molar-refractivity contribution in [3.63, 3.8) is 0 Å². The van der Waals surface area contributed by atoms with Gasteiger partial charge in [0.2, 0.25) is 4.34 Å². The number of aromatic nitrogens is 1. The van der Waals surface area contributed by atoms with Crippen molar-refractivity contribution in [1.82, 2.24) is 9.71 Å². The molecule has 3 aromatic rings. The van der Waals surface area contributed by atoms with E-state index >= 15 is 0 Å². The van der Waals surface area contributed by atoms with E-state index in [1.807, 2.05) is 10.8 Å². The van der Waals surface area contributed by atoms with Crippen molar-refractivity contribution >= 4 is 27.3 Å². The highest BCUT2D eigenvalue weighted by atomic mass is 32.2. The average molecular weight is 399 g/mol. The van der Waals surface area contributed by atoms with E-state index in [9.17, 15) is 13.2 Å².